The Bertz CT molecular complexity index is 412. The first kappa shape index (κ1) is 16.4. The fourth-order valence-corrected chi connectivity index (χ4v) is 1.76. The number of carbonyl (C=O) groups is 1. The zero-order chi connectivity index (χ0) is 12.3. The molecule has 0 aliphatic heterocycles. The molecule has 3 nitrogen and oxygen atoms in total. The van der Waals surface area contributed by atoms with Crippen LogP contribution in [-0.4, -0.2) is 13.1 Å². The molecule has 0 aromatic heterocycles. The first-order valence-electron chi connectivity index (χ1n) is 4.68. The lowest BCUT2D eigenvalue weighted by Crippen LogP contribution is -2.36. The van der Waals surface area contributed by atoms with Crippen molar-refractivity contribution in [2.45, 2.75) is 18.9 Å². The molecule has 0 saturated carbocycles. The zero-order valence-electron chi connectivity index (χ0n) is 9.50. The van der Waals surface area contributed by atoms with Gasteiger partial charge in [-0.15, -0.1) is 12.4 Å². The van der Waals surface area contributed by atoms with E-state index in [1.54, 1.807) is 19.1 Å². The van der Waals surface area contributed by atoms with Gasteiger partial charge in [-0.25, -0.2) is 4.39 Å². The second-order valence-electron chi connectivity index (χ2n) is 3.79. The summed E-state index contributed by atoms with van der Waals surface area (Å²) in [6, 6.07) is 4.45. The molecule has 0 amide bonds. The summed E-state index contributed by atoms with van der Waals surface area (Å²) in [7, 11) is 1.27. The van der Waals surface area contributed by atoms with Gasteiger partial charge in [-0.2, -0.15) is 0 Å². The summed E-state index contributed by atoms with van der Waals surface area (Å²) in [5, 5.41) is 0. The van der Waals surface area contributed by atoms with Crippen LogP contribution in [0.2, 0.25) is 0 Å². The van der Waals surface area contributed by atoms with Crippen molar-refractivity contribution < 1.29 is 13.9 Å². The van der Waals surface area contributed by atoms with Crippen molar-refractivity contribution >= 4 is 34.3 Å². The summed E-state index contributed by atoms with van der Waals surface area (Å²) in [5.41, 5.74) is 5.12. The summed E-state index contributed by atoms with van der Waals surface area (Å²) < 4.78 is 18.8. The van der Waals surface area contributed by atoms with Crippen LogP contribution in [0.3, 0.4) is 0 Å². The van der Waals surface area contributed by atoms with Crippen LogP contribution in [0.1, 0.15) is 18.9 Å². The second-order valence-corrected chi connectivity index (χ2v) is 4.71. The quantitative estimate of drug-likeness (QED) is 0.869. The fourth-order valence-electron chi connectivity index (χ4n) is 1.40. The largest absolute Gasteiger partial charge is 0.469 e. The van der Waals surface area contributed by atoms with Crippen molar-refractivity contribution in [3.05, 3.63) is 34.1 Å². The second kappa shape index (κ2) is 6.33. The molecule has 0 heterocycles. The van der Waals surface area contributed by atoms with Gasteiger partial charge in [0.05, 0.1) is 19.1 Å². The smallest absolute Gasteiger partial charge is 0.307 e. The molecule has 0 unspecified atom stereocenters. The fraction of sp³-hybridized carbons (Fsp3) is 0.364. The molecular formula is C11H14BrClFNO2. The Morgan fingerprint density at radius 3 is 2.71 bits per heavy atom. The molecule has 0 spiro atoms. The lowest BCUT2D eigenvalue weighted by Gasteiger charge is -2.24. The maximum absolute atomic E-state index is 13.6. The topological polar surface area (TPSA) is 52.3 Å². The Hall–Kier alpha value is -0.650. The minimum atomic E-state index is -1.08. The van der Waals surface area contributed by atoms with Gasteiger partial charge in [-0.3, -0.25) is 4.79 Å². The van der Waals surface area contributed by atoms with Gasteiger partial charge < -0.3 is 10.5 Å². The van der Waals surface area contributed by atoms with Gasteiger partial charge in [0.25, 0.3) is 0 Å². The van der Waals surface area contributed by atoms with Crippen molar-refractivity contribution in [3.8, 4) is 0 Å². The molecule has 0 bridgehead atoms. The summed E-state index contributed by atoms with van der Waals surface area (Å²) in [5.74, 6) is -0.901. The summed E-state index contributed by atoms with van der Waals surface area (Å²) in [6.07, 6.45) is -0.0725. The van der Waals surface area contributed by atoms with Gasteiger partial charge in [-0.05, 0) is 25.1 Å². The third kappa shape index (κ3) is 4.26. The van der Waals surface area contributed by atoms with Crippen LogP contribution >= 0.6 is 28.3 Å². The maximum atomic E-state index is 13.6. The predicted molar refractivity (Wildman–Crippen MR) is 69.5 cm³/mol. The highest BCUT2D eigenvalue weighted by atomic mass is 79.9. The Morgan fingerprint density at radius 1 is 1.59 bits per heavy atom. The van der Waals surface area contributed by atoms with Crippen LogP contribution < -0.4 is 5.73 Å². The number of hydrogen-bond acceptors (Lipinski definition) is 3. The van der Waals surface area contributed by atoms with Crippen LogP contribution in [0, 0.1) is 5.82 Å². The lowest BCUT2D eigenvalue weighted by atomic mass is 9.89. The highest BCUT2D eigenvalue weighted by molar-refractivity contribution is 9.10. The predicted octanol–water partition coefficient (Wildman–Crippen LogP) is 2.75. The molecule has 0 aliphatic carbocycles. The molecule has 1 aromatic rings. The van der Waals surface area contributed by atoms with E-state index in [1.807, 2.05) is 0 Å². The monoisotopic (exact) mass is 325 g/mol. The van der Waals surface area contributed by atoms with E-state index in [-0.39, 0.29) is 24.4 Å². The van der Waals surface area contributed by atoms with E-state index < -0.39 is 17.3 Å². The minimum absolute atomic E-state index is 0. The van der Waals surface area contributed by atoms with Crippen LogP contribution in [0.25, 0.3) is 0 Å². The molecule has 17 heavy (non-hydrogen) atoms. The first-order valence-corrected chi connectivity index (χ1v) is 5.47. The molecular weight excluding hydrogens is 312 g/mol. The van der Waals surface area contributed by atoms with Crippen LogP contribution in [0.15, 0.2) is 22.7 Å². The Morgan fingerprint density at radius 2 is 2.18 bits per heavy atom. The summed E-state index contributed by atoms with van der Waals surface area (Å²) >= 11 is 3.23. The zero-order valence-corrected chi connectivity index (χ0v) is 11.9. The van der Waals surface area contributed by atoms with Crippen molar-refractivity contribution in [2.24, 2.45) is 5.73 Å². The molecule has 96 valence electrons. The molecule has 0 fully saturated rings. The third-order valence-corrected chi connectivity index (χ3v) is 2.78. The average Bonchev–Trinajstić information content (AvgIpc) is 2.20. The van der Waals surface area contributed by atoms with Crippen LogP contribution in [0.5, 0.6) is 0 Å². The highest BCUT2D eigenvalue weighted by Gasteiger charge is 2.28. The highest BCUT2D eigenvalue weighted by Crippen LogP contribution is 2.27. The summed E-state index contributed by atoms with van der Waals surface area (Å²) in [4.78, 5) is 11.2. The van der Waals surface area contributed by atoms with E-state index in [0.29, 0.717) is 4.47 Å². The number of ether oxygens (including phenoxy) is 1. The number of nitrogens with two attached hydrogens (primary N) is 1. The van der Waals surface area contributed by atoms with Crippen LogP contribution in [-0.2, 0) is 15.1 Å². The van der Waals surface area contributed by atoms with E-state index in [1.165, 1.54) is 13.2 Å². The number of rotatable bonds is 3. The average molecular weight is 327 g/mol. The standard InChI is InChI=1S/C11H13BrFNO2.ClH/c1-11(14,6-10(15)16-2)8-5-7(12)3-4-9(8)13;/h3-5H,6,14H2,1-2H3;1H/t11-;/m0./s1. The van der Waals surface area contributed by atoms with E-state index >= 15 is 0 Å². The van der Waals surface area contributed by atoms with Gasteiger partial charge in [0, 0.05) is 10.0 Å². The van der Waals surface area contributed by atoms with E-state index in [0.717, 1.165) is 0 Å². The van der Waals surface area contributed by atoms with Crippen molar-refractivity contribution in [1.82, 2.24) is 0 Å². The number of methoxy groups -OCH3 is 1. The normalized spacial score (nSPS) is 13.5. The van der Waals surface area contributed by atoms with E-state index in [2.05, 4.69) is 20.7 Å². The van der Waals surface area contributed by atoms with E-state index in [9.17, 15) is 9.18 Å². The van der Waals surface area contributed by atoms with E-state index in [4.69, 9.17) is 5.73 Å². The molecule has 6 heteroatoms. The number of hydrogen-bond donors (Lipinski definition) is 1. The molecule has 1 atom stereocenters. The molecule has 0 radical (unpaired) electrons. The molecule has 0 aliphatic rings. The molecule has 1 aromatic carbocycles. The number of carbonyl (C=O) groups excluding carboxylic acids is 1. The molecule has 0 saturated heterocycles. The first-order chi connectivity index (χ1) is 7.36. The Labute approximate surface area is 114 Å². The van der Waals surface area contributed by atoms with Gasteiger partial charge in [0.1, 0.15) is 5.82 Å². The molecule has 1 rings (SSSR count). The third-order valence-electron chi connectivity index (χ3n) is 2.28. The molecule has 2 N–H and O–H groups in total. The van der Waals surface area contributed by atoms with Gasteiger partial charge in [-0.1, -0.05) is 15.9 Å². The van der Waals surface area contributed by atoms with Gasteiger partial charge in [0.2, 0.25) is 0 Å². The number of benzene rings is 1. The van der Waals surface area contributed by atoms with Crippen molar-refractivity contribution in [3.63, 3.8) is 0 Å². The van der Waals surface area contributed by atoms with Gasteiger partial charge >= 0.3 is 5.97 Å². The Balaban J connectivity index is 0.00000256. The Kier molecular flexibility index (Phi) is 6.09. The number of halogens is 3. The summed E-state index contributed by atoms with van der Waals surface area (Å²) in [6.45, 7) is 1.59. The minimum Gasteiger partial charge on any atom is -0.469 e. The lowest BCUT2D eigenvalue weighted by molar-refractivity contribution is -0.142. The SMILES string of the molecule is COC(=O)C[C@](C)(N)c1cc(Br)ccc1F.Cl. The maximum Gasteiger partial charge on any atom is 0.307 e. The van der Waals surface area contributed by atoms with Crippen LogP contribution in [0.4, 0.5) is 4.39 Å². The van der Waals surface area contributed by atoms with Crippen molar-refractivity contribution in [1.29, 1.82) is 0 Å². The van der Waals surface area contributed by atoms with Crippen molar-refractivity contribution in [2.75, 3.05) is 7.11 Å². The van der Waals surface area contributed by atoms with Gasteiger partial charge in [0.15, 0.2) is 0 Å². The number of esters is 1.